The fourth-order valence-corrected chi connectivity index (χ4v) is 9.87. The molecular weight excluding hydrogens is 794 g/mol. The number of sulfonamides is 1. The van der Waals surface area contributed by atoms with Gasteiger partial charge in [0.25, 0.3) is 10.0 Å². The van der Waals surface area contributed by atoms with Crippen molar-refractivity contribution in [1.29, 1.82) is 0 Å². The van der Waals surface area contributed by atoms with Crippen LogP contribution < -0.4 is 25.6 Å². The SMILES string of the molecule is Cc1cc(S(=O)(=O)Nc2ccc(N3CCN(c4cccc(-c5c(N)c(C)n(C)c5-c5ccc(Cl)cc5)c4)CC3)cc2)ccc1N[C@H](CCN(C)C)CSc1ccccc1. The summed E-state index contributed by atoms with van der Waals surface area (Å²) in [6, 6.07) is 40.1. The van der Waals surface area contributed by atoms with Gasteiger partial charge in [0, 0.05) is 88.9 Å². The van der Waals surface area contributed by atoms with Gasteiger partial charge in [0.2, 0.25) is 0 Å². The highest BCUT2D eigenvalue weighted by Crippen LogP contribution is 2.42. The van der Waals surface area contributed by atoms with Crippen molar-refractivity contribution >= 4 is 61.8 Å². The Labute approximate surface area is 359 Å². The Morgan fingerprint density at radius 3 is 2.14 bits per heavy atom. The average Bonchev–Trinajstić information content (AvgIpc) is 3.46. The van der Waals surface area contributed by atoms with Gasteiger partial charge in [-0.1, -0.05) is 54.1 Å². The second-order valence-corrected chi connectivity index (χ2v) is 18.7. The Morgan fingerprint density at radius 2 is 1.47 bits per heavy atom. The number of nitrogens with one attached hydrogen (secondary N) is 2. The van der Waals surface area contributed by atoms with E-state index in [1.807, 2.05) is 79.3 Å². The molecule has 0 spiro atoms. The fraction of sp³-hybridized carbons (Fsp3) is 0.277. The van der Waals surface area contributed by atoms with Gasteiger partial charge in [-0.05, 0) is 136 Å². The third-order valence-corrected chi connectivity index (χ3v) is 13.9. The van der Waals surface area contributed by atoms with Crippen molar-refractivity contribution in [2.45, 2.75) is 36.1 Å². The molecule has 1 fully saturated rings. The zero-order valence-corrected chi connectivity index (χ0v) is 36.8. The van der Waals surface area contributed by atoms with Gasteiger partial charge in [0.1, 0.15) is 0 Å². The summed E-state index contributed by atoms with van der Waals surface area (Å²) in [5.41, 5.74) is 17.3. The minimum atomic E-state index is -3.80. The maximum absolute atomic E-state index is 13.6. The molecule has 1 saturated heterocycles. The molecule has 9 nitrogen and oxygen atoms in total. The first-order chi connectivity index (χ1) is 28.4. The lowest BCUT2D eigenvalue weighted by Crippen LogP contribution is -2.46. The van der Waals surface area contributed by atoms with Crippen LogP contribution in [0.4, 0.5) is 28.4 Å². The van der Waals surface area contributed by atoms with Crippen molar-refractivity contribution in [2.75, 3.05) is 78.1 Å². The lowest BCUT2D eigenvalue weighted by Gasteiger charge is -2.37. The van der Waals surface area contributed by atoms with Gasteiger partial charge < -0.3 is 30.3 Å². The lowest BCUT2D eigenvalue weighted by molar-refractivity contribution is 0.391. The van der Waals surface area contributed by atoms with Crippen molar-refractivity contribution < 1.29 is 8.42 Å². The molecule has 2 heterocycles. The number of nitrogens with zero attached hydrogens (tertiary/aromatic N) is 4. The standard InChI is InChI=1S/C47H54ClN7O2S2/c1-33-30-43(22-23-44(33)50-39(24-25-52(3)4)32-58-42-12-7-6-8-13-42)59(56,57)51-38-18-20-40(21-19-38)54-26-28-55(29-27-54)41-11-9-10-36(31-41)45-46(49)34(2)53(5)47(45)35-14-16-37(48)17-15-35/h6-23,30-31,39,50-51H,24-29,32,49H2,1-5H3/t39-/m1/s1. The van der Waals surface area contributed by atoms with E-state index in [9.17, 15) is 8.42 Å². The van der Waals surface area contributed by atoms with Crippen molar-refractivity contribution in [3.63, 3.8) is 0 Å². The number of aromatic nitrogens is 1. The number of nitrogens with two attached hydrogens (primary N) is 1. The summed E-state index contributed by atoms with van der Waals surface area (Å²) in [4.78, 5) is 8.41. The molecule has 12 heteroatoms. The van der Waals surface area contributed by atoms with Gasteiger partial charge in [0.15, 0.2) is 0 Å². The van der Waals surface area contributed by atoms with Crippen LogP contribution in [0.25, 0.3) is 22.4 Å². The fourth-order valence-electron chi connectivity index (χ4n) is 7.61. The first kappa shape index (κ1) is 42.1. The molecule has 59 heavy (non-hydrogen) atoms. The lowest BCUT2D eigenvalue weighted by atomic mass is 9.99. The number of halogens is 1. The van der Waals surface area contributed by atoms with Crippen LogP contribution in [-0.4, -0.2) is 76.5 Å². The van der Waals surface area contributed by atoms with E-state index in [0.717, 1.165) is 101 Å². The van der Waals surface area contributed by atoms with Gasteiger partial charge >= 0.3 is 0 Å². The van der Waals surface area contributed by atoms with E-state index in [0.29, 0.717) is 10.7 Å². The third kappa shape index (κ3) is 10.0. The zero-order valence-electron chi connectivity index (χ0n) is 34.5. The minimum Gasteiger partial charge on any atom is -0.397 e. The van der Waals surface area contributed by atoms with Crippen molar-refractivity contribution in [3.05, 3.63) is 138 Å². The van der Waals surface area contributed by atoms with Gasteiger partial charge in [-0.3, -0.25) is 4.72 Å². The molecular formula is C47H54ClN7O2S2. The van der Waals surface area contributed by atoms with Crippen LogP contribution in [0.5, 0.6) is 0 Å². The largest absolute Gasteiger partial charge is 0.397 e. The summed E-state index contributed by atoms with van der Waals surface area (Å²) < 4.78 is 32.1. The second kappa shape index (κ2) is 18.5. The van der Waals surface area contributed by atoms with Crippen LogP contribution in [0.15, 0.2) is 131 Å². The first-order valence-electron chi connectivity index (χ1n) is 20.0. The number of hydrogen-bond acceptors (Lipinski definition) is 8. The number of piperazine rings is 1. The second-order valence-electron chi connectivity index (χ2n) is 15.5. The minimum absolute atomic E-state index is 0.216. The molecule has 1 aliphatic rings. The van der Waals surface area contributed by atoms with Crippen molar-refractivity contribution in [3.8, 4) is 22.4 Å². The zero-order chi connectivity index (χ0) is 41.7. The highest BCUT2D eigenvalue weighted by Gasteiger charge is 2.23. The molecule has 1 aromatic heterocycles. The predicted octanol–water partition coefficient (Wildman–Crippen LogP) is 9.86. The molecule has 0 amide bonds. The number of anilines is 5. The van der Waals surface area contributed by atoms with Crippen LogP contribution in [0, 0.1) is 13.8 Å². The molecule has 1 atom stereocenters. The first-order valence-corrected chi connectivity index (χ1v) is 22.8. The van der Waals surface area contributed by atoms with E-state index in [1.54, 1.807) is 12.1 Å². The highest BCUT2D eigenvalue weighted by molar-refractivity contribution is 7.99. The molecule has 4 N–H and O–H groups in total. The third-order valence-electron chi connectivity index (χ3n) is 11.1. The normalized spacial score (nSPS) is 13.8. The Kier molecular flexibility index (Phi) is 13.2. The Balaban J connectivity index is 0.970. The van der Waals surface area contributed by atoms with E-state index in [-0.39, 0.29) is 10.9 Å². The summed E-state index contributed by atoms with van der Waals surface area (Å²) in [5, 5.41) is 4.39. The van der Waals surface area contributed by atoms with Gasteiger partial charge in [-0.15, -0.1) is 11.8 Å². The molecule has 0 radical (unpaired) electrons. The monoisotopic (exact) mass is 847 g/mol. The molecule has 0 bridgehead atoms. The van der Waals surface area contributed by atoms with Crippen molar-refractivity contribution in [2.24, 2.45) is 7.05 Å². The smallest absolute Gasteiger partial charge is 0.261 e. The molecule has 6 aromatic rings. The van der Waals surface area contributed by atoms with E-state index in [1.165, 1.54) is 4.90 Å². The van der Waals surface area contributed by atoms with Crippen LogP contribution in [0.1, 0.15) is 17.7 Å². The number of rotatable bonds is 15. The number of hydrogen-bond donors (Lipinski definition) is 3. The van der Waals surface area contributed by atoms with Gasteiger partial charge in [-0.2, -0.15) is 0 Å². The topological polar surface area (TPSA) is 98.9 Å². The van der Waals surface area contributed by atoms with Crippen molar-refractivity contribution in [1.82, 2.24) is 9.47 Å². The maximum Gasteiger partial charge on any atom is 0.261 e. The molecule has 5 aromatic carbocycles. The maximum atomic E-state index is 13.6. The van der Waals surface area contributed by atoms with Crippen LogP contribution >= 0.6 is 23.4 Å². The number of aryl methyl sites for hydroxylation is 1. The molecule has 7 rings (SSSR count). The van der Waals surface area contributed by atoms with E-state index in [4.69, 9.17) is 17.3 Å². The quantitative estimate of drug-likeness (QED) is 0.0880. The van der Waals surface area contributed by atoms with E-state index in [2.05, 4.69) is 106 Å². The predicted molar refractivity (Wildman–Crippen MR) is 251 cm³/mol. The van der Waals surface area contributed by atoms with Gasteiger partial charge in [-0.25, -0.2) is 8.42 Å². The Hall–Kier alpha value is -5.07. The molecule has 0 unspecified atom stereocenters. The Morgan fingerprint density at radius 1 is 0.797 bits per heavy atom. The summed E-state index contributed by atoms with van der Waals surface area (Å²) in [6.45, 7) is 8.31. The van der Waals surface area contributed by atoms with E-state index >= 15 is 0 Å². The van der Waals surface area contributed by atoms with Crippen LogP contribution in [0.2, 0.25) is 5.02 Å². The summed E-state index contributed by atoms with van der Waals surface area (Å²) in [5.74, 6) is 0.899. The van der Waals surface area contributed by atoms with Gasteiger partial charge in [0.05, 0.1) is 16.3 Å². The molecule has 1 aliphatic heterocycles. The number of nitrogen functional groups attached to an aromatic ring is 1. The molecule has 308 valence electrons. The number of benzene rings is 5. The highest BCUT2D eigenvalue weighted by atomic mass is 35.5. The summed E-state index contributed by atoms with van der Waals surface area (Å²) in [6.07, 6.45) is 0.963. The Bertz CT molecular complexity index is 2470. The van der Waals surface area contributed by atoms with E-state index < -0.39 is 10.0 Å². The van der Waals surface area contributed by atoms with Crippen LogP contribution in [-0.2, 0) is 17.1 Å². The molecule has 0 aliphatic carbocycles. The van der Waals surface area contributed by atoms with Crippen LogP contribution in [0.3, 0.4) is 0 Å². The average molecular weight is 849 g/mol. The summed E-state index contributed by atoms with van der Waals surface area (Å²) >= 11 is 8.05. The number of thioether (sulfide) groups is 1. The summed E-state index contributed by atoms with van der Waals surface area (Å²) in [7, 11) is 2.42. The molecule has 0 saturated carbocycles.